The van der Waals surface area contributed by atoms with Crippen molar-refractivity contribution in [1.82, 2.24) is 25.3 Å². The molecule has 2 aromatic rings. The van der Waals surface area contributed by atoms with Crippen LogP contribution in [-0.4, -0.2) is 84.2 Å². The Morgan fingerprint density at radius 1 is 0.980 bits per heavy atom. The molecule has 276 valence electrons. The lowest BCUT2D eigenvalue weighted by molar-refractivity contribution is -0.131. The molecule has 0 saturated heterocycles. The van der Waals surface area contributed by atoms with Crippen LogP contribution in [0.4, 0.5) is 0 Å². The first-order valence-electron chi connectivity index (χ1n) is 17.5. The van der Waals surface area contributed by atoms with Gasteiger partial charge in [0.15, 0.2) is 9.84 Å². The molecule has 2 amide bonds. The molecule has 2 unspecified atom stereocenters. The van der Waals surface area contributed by atoms with Crippen molar-refractivity contribution in [1.29, 1.82) is 0 Å². The van der Waals surface area contributed by atoms with Crippen molar-refractivity contribution < 1.29 is 31.5 Å². The average molecular weight is 724 g/mol. The van der Waals surface area contributed by atoms with E-state index in [0.717, 1.165) is 37.7 Å². The first kappa shape index (κ1) is 40.6. The molecule has 0 radical (unpaired) electrons. The van der Waals surface area contributed by atoms with E-state index in [-0.39, 0.29) is 25.8 Å². The standard InChI is InChI=1S/C35H57N5O7S2/c1-25(2)49(46,47)38-18-12-17-32(41)30(20-27-15-10-7-11-16-27)39-34(43)31(21-29-22-36-24-37-29)40-33(42)28(19-26-13-8-6-9-14-26)23-48(44,45)35(3,4)5/h6,8-9,13-14,22,24-25,27-28,30-32,38,41H,7,10-12,15-21,23H2,1-5H3,(H,36,37)(H,39,43)(H,40,42)/t28?,30-,31?,32-/m0/s1. The first-order valence-corrected chi connectivity index (χ1v) is 20.7. The maximum Gasteiger partial charge on any atom is 0.243 e. The van der Waals surface area contributed by atoms with E-state index in [1.165, 1.54) is 6.33 Å². The van der Waals surface area contributed by atoms with Crippen LogP contribution in [0.1, 0.15) is 97.2 Å². The lowest BCUT2D eigenvalue weighted by Crippen LogP contribution is -2.55. The number of benzene rings is 1. The van der Waals surface area contributed by atoms with Gasteiger partial charge < -0.3 is 20.7 Å². The Morgan fingerprint density at radius 3 is 2.24 bits per heavy atom. The van der Waals surface area contributed by atoms with Crippen molar-refractivity contribution in [2.45, 2.75) is 127 Å². The molecule has 1 aliphatic carbocycles. The fourth-order valence-corrected chi connectivity index (χ4v) is 8.08. The number of sulfone groups is 1. The van der Waals surface area contributed by atoms with Crippen LogP contribution in [0, 0.1) is 11.8 Å². The molecule has 1 aromatic carbocycles. The van der Waals surface area contributed by atoms with Crippen LogP contribution in [0.3, 0.4) is 0 Å². The SMILES string of the molecule is CC(C)S(=O)(=O)NCCC[C@H](O)[C@H](CC1CCCCC1)NC(=O)C(Cc1c[nH]cn1)NC(=O)C(Cc1ccccc1)CS(=O)(=O)C(C)(C)C. The molecule has 5 N–H and O–H groups in total. The molecule has 0 aliphatic heterocycles. The van der Waals surface area contributed by atoms with Gasteiger partial charge in [-0.3, -0.25) is 9.59 Å². The zero-order chi connectivity index (χ0) is 36.2. The van der Waals surface area contributed by atoms with Gasteiger partial charge in [-0.05, 0) is 71.8 Å². The summed E-state index contributed by atoms with van der Waals surface area (Å²) < 4.78 is 52.4. The maximum absolute atomic E-state index is 14.0. The third-order valence-corrected chi connectivity index (χ3v) is 13.9. The zero-order valence-electron chi connectivity index (χ0n) is 29.7. The average Bonchev–Trinajstić information content (AvgIpc) is 3.55. The van der Waals surface area contributed by atoms with Crippen LogP contribution in [0.15, 0.2) is 42.9 Å². The van der Waals surface area contributed by atoms with Gasteiger partial charge in [-0.2, -0.15) is 0 Å². The first-order chi connectivity index (χ1) is 23.0. The van der Waals surface area contributed by atoms with Gasteiger partial charge in [-0.15, -0.1) is 0 Å². The molecule has 49 heavy (non-hydrogen) atoms. The Balaban J connectivity index is 1.82. The van der Waals surface area contributed by atoms with Gasteiger partial charge >= 0.3 is 0 Å². The summed E-state index contributed by atoms with van der Waals surface area (Å²) in [5, 5.41) is 16.6. The molecule has 3 rings (SSSR count). The highest BCUT2D eigenvalue weighted by Crippen LogP contribution is 2.29. The van der Waals surface area contributed by atoms with Crippen LogP contribution in [-0.2, 0) is 42.3 Å². The second-order valence-electron chi connectivity index (χ2n) is 14.7. The fraction of sp³-hybridized carbons (Fsp3) is 0.686. The Labute approximate surface area is 293 Å². The number of nitrogens with zero attached hydrogens (tertiary/aromatic N) is 1. The number of aliphatic hydroxyl groups is 1. The normalized spacial score (nSPS) is 17.3. The molecule has 0 spiro atoms. The minimum absolute atomic E-state index is 0.0500. The van der Waals surface area contributed by atoms with Crippen molar-refractivity contribution >= 4 is 31.7 Å². The summed E-state index contributed by atoms with van der Waals surface area (Å²) in [6.07, 6.45) is 8.86. The number of rotatable bonds is 19. The van der Waals surface area contributed by atoms with Crippen LogP contribution >= 0.6 is 0 Å². The Kier molecular flexibility index (Phi) is 15.3. The molecule has 12 nitrogen and oxygen atoms in total. The lowest BCUT2D eigenvalue weighted by atomic mass is 9.83. The number of amides is 2. The molecule has 1 heterocycles. The molecule has 1 fully saturated rings. The number of aliphatic hydroxyl groups excluding tert-OH is 1. The second-order valence-corrected chi connectivity index (χ2v) is 19.8. The number of aromatic nitrogens is 2. The predicted molar refractivity (Wildman–Crippen MR) is 192 cm³/mol. The predicted octanol–water partition coefficient (Wildman–Crippen LogP) is 3.43. The maximum atomic E-state index is 14.0. The molecule has 14 heteroatoms. The fourth-order valence-electron chi connectivity index (χ4n) is 6.02. The van der Waals surface area contributed by atoms with Crippen LogP contribution in [0.5, 0.6) is 0 Å². The lowest BCUT2D eigenvalue weighted by Gasteiger charge is -2.32. The molecular formula is C35H57N5O7S2. The largest absolute Gasteiger partial charge is 0.391 e. The van der Waals surface area contributed by atoms with Crippen molar-refractivity contribution in [2.75, 3.05) is 12.3 Å². The number of hydrogen-bond acceptors (Lipinski definition) is 8. The monoisotopic (exact) mass is 723 g/mol. The summed E-state index contributed by atoms with van der Waals surface area (Å²) in [5.41, 5.74) is 1.33. The Hall–Kier alpha value is -2.81. The number of H-pyrrole nitrogens is 1. The minimum atomic E-state index is -3.69. The molecule has 1 aliphatic rings. The molecule has 4 atom stereocenters. The summed E-state index contributed by atoms with van der Waals surface area (Å²) in [4.78, 5) is 35.1. The van der Waals surface area contributed by atoms with Crippen LogP contribution < -0.4 is 15.4 Å². The van der Waals surface area contributed by atoms with Crippen molar-refractivity contribution in [2.24, 2.45) is 11.8 Å². The summed E-state index contributed by atoms with van der Waals surface area (Å²) >= 11 is 0. The van der Waals surface area contributed by atoms with Crippen molar-refractivity contribution in [3.8, 4) is 0 Å². The Morgan fingerprint density at radius 2 is 1.65 bits per heavy atom. The number of nitrogens with one attached hydrogen (secondary N) is 4. The Bertz CT molecular complexity index is 1520. The van der Waals surface area contributed by atoms with Crippen LogP contribution in [0.25, 0.3) is 0 Å². The molecule has 0 bridgehead atoms. The second kappa shape index (κ2) is 18.4. The van der Waals surface area contributed by atoms with E-state index < -0.39 is 71.5 Å². The summed E-state index contributed by atoms with van der Waals surface area (Å²) in [6, 6.07) is 7.45. The third kappa shape index (κ3) is 13.1. The van der Waals surface area contributed by atoms with E-state index in [1.54, 1.807) is 40.8 Å². The third-order valence-electron chi connectivity index (χ3n) is 9.36. The van der Waals surface area contributed by atoms with E-state index in [2.05, 4.69) is 25.3 Å². The number of sulfonamides is 1. The van der Waals surface area contributed by atoms with Crippen LogP contribution in [0.2, 0.25) is 0 Å². The van der Waals surface area contributed by atoms with Gasteiger partial charge in [0.1, 0.15) is 6.04 Å². The molecule has 1 saturated carbocycles. The quantitative estimate of drug-likeness (QED) is 0.136. The summed E-state index contributed by atoms with van der Waals surface area (Å²) in [5.74, 6) is -2.11. The van der Waals surface area contributed by atoms with Gasteiger partial charge in [0, 0.05) is 19.2 Å². The molecule has 1 aromatic heterocycles. The van der Waals surface area contributed by atoms with Gasteiger partial charge in [0.2, 0.25) is 21.8 Å². The topological polar surface area (TPSA) is 187 Å². The van der Waals surface area contributed by atoms with Gasteiger partial charge in [0.25, 0.3) is 0 Å². The van der Waals surface area contributed by atoms with E-state index in [9.17, 15) is 31.5 Å². The zero-order valence-corrected chi connectivity index (χ0v) is 31.3. The number of aromatic amines is 1. The van der Waals surface area contributed by atoms with E-state index in [1.807, 2.05) is 30.3 Å². The smallest absolute Gasteiger partial charge is 0.243 e. The number of imidazole rings is 1. The highest BCUT2D eigenvalue weighted by Gasteiger charge is 2.36. The number of carbonyl (C=O) groups is 2. The summed E-state index contributed by atoms with van der Waals surface area (Å²) in [7, 11) is -7.14. The molecular weight excluding hydrogens is 667 g/mol. The highest BCUT2D eigenvalue weighted by molar-refractivity contribution is 7.92. The van der Waals surface area contributed by atoms with E-state index >= 15 is 0 Å². The number of carbonyl (C=O) groups excluding carboxylic acids is 2. The van der Waals surface area contributed by atoms with E-state index in [4.69, 9.17) is 0 Å². The highest BCUT2D eigenvalue weighted by atomic mass is 32.2. The van der Waals surface area contributed by atoms with Crippen molar-refractivity contribution in [3.63, 3.8) is 0 Å². The van der Waals surface area contributed by atoms with Gasteiger partial charge in [0.05, 0.1) is 45.8 Å². The minimum Gasteiger partial charge on any atom is -0.391 e. The van der Waals surface area contributed by atoms with E-state index in [0.29, 0.717) is 24.5 Å². The van der Waals surface area contributed by atoms with Gasteiger partial charge in [-0.1, -0.05) is 62.4 Å². The number of hydrogen-bond donors (Lipinski definition) is 5. The van der Waals surface area contributed by atoms with Gasteiger partial charge in [-0.25, -0.2) is 26.5 Å². The van der Waals surface area contributed by atoms with Crippen molar-refractivity contribution in [3.05, 3.63) is 54.1 Å². The summed E-state index contributed by atoms with van der Waals surface area (Å²) in [6.45, 7) is 8.16.